The van der Waals surface area contributed by atoms with Gasteiger partial charge in [0.1, 0.15) is 5.84 Å². The number of hydrogen-bond acceptors (Lipinski definition) is 6. The number of nitrogens with zero attached hydrogens (tertiary/aromatic N) is 1. The number of carbonyl (C=O) groups is 1. The lowest BCUT2D eigenvalue weighted by atomic mass is 10.2. The number of benzene rings is 2. The number of sulfonamides is 1. The van der Waals surface area contributed by atoms with E-state index in [-0.39, 0.29) is 29.6 Å². The predicted octanol–water partition coefficient (Wildman–Crippen LogP) is 2.42. The Balaban J connectivity index is 1.67. The number of ether oxygens (including phenoxy) is 2. The first kappa shape index (κ1) is 20.0. The van der Waals surface area contributed by atoms with Crippen LogP contribution in [0.2, 0.25) is 5.02 Å². The van der Waals surface area contributed by atoms with Crippen molar-refractivity contribution in [3.63, 3.8) is 0 Å². The van der Waals surface area contributed by atoms with Gasteiger partial charge in [0.15, 0.2) is 11.5 Å². The summed E-state index contributed by atoms with van der Waals surface area (Å²) in [6, 6.07) is 9.64. The van der Waals surface area contributed by atoms with E-state index in [0.717, 1.165) is 0 Å². The smallest absolute Gasteiger partial charge is 0.263 e. The summed E-state index contributed by atoms with van der Waals surface area (Å²) < 4.78 is 36.8. The average Bonchev–Trinajstić information content (AvgIpc) is 2.93. The molecule has 148 valence electrons. The van der Waals surface area contributed by atoms with Crippen LogP contribution in [0.25, 0.3) is 0 Å². The number of amidine groups is 1. The van der Waals surface area contributed by atoms with Crippen LogP contribution in [0.4, 0.5) is 5.69 Å². The fourth-order valence-corrected chi connectivity index (χ4v) is 4.14. The monoisotopic (exact) mass is 423 g/mol. The predicted molar refractivity (Wildman–Crippen MR) is 106 cm³/mol. The fraction of sp³-hybridized carbons (Fsp3) is 0.222. The molecule has 0 fully saturated rings. The minimum absolute atomic E-state index is 0.0398. The molecule has 3 rings (SSSR count). The average molecular weight is 424 g/mol. The van der Waals surface area contributed by atoms with Crippen LogP contribution in [0.3, 0.4) is 0 Å². The third kappa shape index (κ3) is 4.05. The molecule has 2 aromatic rings. The summed E-state index contributed by atoms with van der Waals surface area (Å²) in [4.78, 5) is 16.6. The number of nitrogens with one attached hydrogen (secondary N) is 2. The Morgan fingerprint density at radius 2 is 1.86 bits per heavy atom. The first-order valence-electron chi connectivity index (χ1n) is 8.23. The third-order valence-corrected chi connectivity index (χ3v) is 5.73. The van der Waals surface area contributed by atoms with Crippen molar-refractivity contribution in [3.05, 3.63) is 47.0 Å². The third-order valence-electron chi connectivity index (χ3n) is 4.02. The van der Waals surface area contributed by atoms with Gasteiger partial charge >= 0.3 is 0 Å². The van der Waals surface area contributed by atoms with E-state index in [0.29, 0.717) is 27.8 Å². The van der Waals surface area contributed by atoms with Crippen molar-refractivity contribution >= 4 is 39.1 Å². The zero-order valence-corrected chi connectivity index (χ0v) is 16.7. The SMILES string of the molecule is COc1cc(Cl)c(NC(=O)CCN=C2NS(=O)(=O)c3ccccc32)cc1OC. The Bertz CT molecular complexity index is 1050. The zero-order valence-electron chi connectivity index (χ0n) is 15.2. The van der Waals surface area contributed by atoms with Crippen LogP contribution < -0.4 is 19.5 Å². The van der Waals surface area contributed by atoms with Crippen molar-refractivity contribution in [3.8, 4) is 11.5 Å². The van der Waals surface area contributed by atoms with E-state index in [1.165, 1.54) is 20.3 Å². The molecule has 0 aliphatic carbocycles. The molecule has 8 nitrogen and oxygen atoms in total. The van der Waals surface area contributed by atoms with Gasteiger partial charge in [0.2, 0.25) is 5.91 Å². The number of fused-ring (bicyclic) bond motifs is 1. The maximum atomic E-state index is 12.2. The molecular weight excluding hydrogens is 406 g/mol. The number of rotatable bonds is 6. The minimum Gasteiger partial charge on any atom is -0.493 e. The van der Waals surface area contributed by atoms with Gasteiger partial charge < -0.3 is 14.8 Å². The van der Waals surface area contributed by atoms with E-state index in [9.17, 15) is 13.2 Å². The van der Waals surface area contributed by atoms with Crippen molar-refractivity contribution in [2.75, 3.05) is 26.1 Å². The summed E-state index contributed by atoms with van der Waals surface area (Å²) in [5.41, 5.74) is 0.870. The molecule has 0 bridgehead atoms. The second kappa shape index (κ2) is 8.07. The molecule has 28 heavy (non-hydrogen) atoms. The molecule has 2 aromatic carbocycles. The highest BCUT2D eigenvalue weighted by Gasteiger charge is 2.29. The van der Waals surface area contributed by atoms with Crippen LogP contribution in [0, 0.1) is 0 Å². The van der Waals surface area contributed by atoms with Crippen LogP contribution in [-0.2, 0) is 14.8 Å². The van der Waals surface area contributed by atoms with Crippen LogP contribution >= 0.6 is 11.6 Å². The lowest BCUT2D eigenvalue weighted by Gasteiger charge is -2.12. The number of hydrogen-bond donors (Lipinski definition) is 2. The first-order chi connectivity index (χ1) is 13.4. The first-order valence-corrected chi connectivity index (χ1v) is 10.1. The number of anilines is 1. The molecule has 1 aliphatic heterocycles. The zero-order chi connectivity index (χ0) is 20.3. The summed E-state index contributed by atoms with van der Waals surface area (Å²) in [6.07, 6.45) is 0.0398. The van der Waals surface area contributed by atoms with E-state index in [1.807, 2.05) is 0 Å². The lowest BCUT2D eigenvalue weighted by molar-refractivity contribution is -0.116. The molecule has 0 aromatic heterocycles. The normalized spacial score (nSPS) is 15.6. The van der Waals surface area contributed by atoms with Crippen LogP contribution in [0.5, 0.6) is 11.5 Å². The van der Waals surface area contributed by atoms with Crippen LogP contribution in [0.15, 0.2) is 46.3 Å². The second-order valence-corrected chi connectivity index (χ2v) is 7.88. The molecule has 1 aliphatic rings. The van der Waals surface area contributed by atoms with Gasteiger partial charge in [0, 0.05) is 24.1 Å². The van der Waals surface area contributed by atoms with Crippen molar-refractivity contribution in [2.45, 2.75) is 11.3 Å². The molecule has 1 amide bonds. The van der Waals surface area contributed by atoms with E-state index >= 15 is 0 Å². The van der Waals surface area contributed by atoms with Crippen molar-refractivity contribution < 1.29 is 22.7 Å². The molecular formula is C18H18ClN3O5S. The van der Waals surface area contributed by atoms with Gasteiger partial charge in [-0.05, 0) is 12.1 Å². The van der Waals surface area contributed by atoms with E-state index in [1.54, 1.807) is 30.3 Å². The number of carbonyl (C=O) groups excluding carboxylic acids is 1. The van der Waals surface area contributed by atoms with Gasteiger partial charge in [-0.2, -0.15) is 0 Å². The quantitative estimate of drug-likeness (QED) is 0.742. The van der Waals surface area contributed by atoms with Gasteiger partial charge in [0.25, 0.3) is 10.0 Å². The molecule has 0 spiro atoms. The Kier molecular flexibility index (Phi) is 5.76. The largest absolute Gasteiger partial charge is 0.493 e. The molecule has 0 saturated carbocycles. The van der Waals surface area contributed by atoms with E-state index in [4.69, 9.17) is 21.1 Å². The summed E-state index contributed by atoms with van der Waals surface area (Å²) in [5, 5.41) is 2.98. The van der Waals surface area contributed by atoms with Gasteiger partial charge in [-0.3, -0.25) is 14.5 Å². The molecule has 1 heterocycles. The Labute approximate surface area is 167 Å². The Morgan fingerprint density at radius 1 is 1.18 bits per heavy atom. The number of amides is 1. The fourth-order valence-electron chi connectivity index (χ4n) is 2.68. The minimum atomic E-state index is -3.60. The molecule has 0 saturated heterocycles. The molecule has 0 radical (unpaired) electrons. The highest BCUT2D eigenvalue weighted by molar-refractivity contribution is 7.90. The van der Waals surface area contributed by atoms with Crippen molar-refractivity contribution in [1.82, 2.24) is 4.72 Å². The summed E-state index contributed by atoms with van der Waals surface area (Å²) in [6.45, 7) is 0.100. The lowest BCUT2D eigenvalue weighted by Crippen LogP contribution is -2.23. The number of aliphatic imine (C=N–C) groups is 1. The maximum Gasteiger partial charge on any atom is 0.263 e. The number of halogens is 1. The highest BCUT2D eigenvalue weighted by Crippen LogP contribution is 2.36. The highest BCUT2D eigenvalue weighted by atomic mass is 35.5. The molecule has 0 atom stereocenters. The van der Waals surface area contributed by atoms with Crippen molar-refractivity contribution in [2.24, 2.45) is 4.99 Å². The van der Waals surface area contributed by atoms with Crippen LogP contribution in [0.1, 0.15) is 12.0 Å². The molecule has 2 N–H and O–H groups in total. The van der Waals surface area contributed by atoms with Gasteiger partial charge in [-0.1, -0.05) is 23.7 Å². The van der Waals surface area contributed by atoms with Gasteiger partial charge in [-0.15, -0.1) is 0 Å². The standard InChI is InChI=1S/C18H18ClN3O5S/c1-26-14-9-12(19)13(10-15(14)27-2)21-17(23)7-8-20-18-11-5-3-4-6-16(11)28(24,25)22-18/h3-6,9-10H,7-8H2,1-2H3,(H,20,22)(H,21,23). The van der Waals surface area contributed by atoms with Gasteiger partial charge in [-0.25, -0.2) is 8.42 Å². The van der Waals surface area contributed by atoms with E-state index in [2.05, 4.69) is 15.0 Å². The molecule has 0 unspecified atom stereocenters. The topological polar surface area (TPSA) is 106 Å². The Morgan fingerprint density at radius 3 is 2.57 bits per heavy atom. The van der Waals surface area contributed by atoms with E-state index < -0.39 is 10.0 Å². The van der Waals surface area contributed by atoms with Gasteiger partial charge in [0.05, 0.1) is 36.4 Å². The molecule has 10 heteroatoms. The summed E-state index contributed by atoms with van der Waals surface area (Å²) in [7, 11) is -0.631. The van der Waals surface area contributed by atoms with Crippen LogP contribution in [-0.4, -0.2) is 40.9 Å². The maximum absolute atomic E-state index is 12.2. The Hall–Kier alpha value is -2.78. The number of methoxy groups -OCH3 is 2. The summed E-state index contributed by atoms with van der Waals surface area (Å²) in [5.74, 6) is 0.781. The second-order valence-electron chi connectivity index (χ2n) is 5.82. The summed E-state index contributed by atoms with van der Waals surface area (Å²) >= 11 is 6.15. The van der Waals surface area contributed by atoms with Crippen molar-refractivity contribution in [1.29, 1.82) is 0 Å².